The van der Waals surface area contributed by atoms with E-state index in [-0.39, 0.29) is 18.3 Å². The van der Waals surface area contributed by atoms with Gasteiger partial charge in [0.1, 0.15) is 12.4 Å². The SMILES string of the molecule is C[C@@H](OCc1nc(-c2ccc(F)cc2)no1)C(=O)O. The molecule has 0 fully saturated rings. The Morgan fingerprint density at radius 1 is 1.47 bits per heavy atom. The van der Waals surface area contributed by atoms with E-state index in [4.69, 9.17) is 14.4 Å². The van der Waals surface area contributed by atoms with Crippen molar-refractivity contribution in [3.05, 3.63) is 36.0 Å². The second-order valence-corrected chi connectivity index (χ2v) is 3.81. The molecule has 0 unspecified atom stereocenters. The van der Waals surface area contributed by atoms with Crippen LogP contribution in [0.3, 0.4) is 0 Å². The minimum Gasteiger partial charge on any atom is -0.479 e. The highest BCUT2D eigenvalue weighted by Gasteiger charge is 2.14. The van der Waals surface area contributed by atoms with Gasteiger partial charge in [-0.05, 0) is 31.2 Å². The van der Waals surface area contributed by atoms with E-state index in [0.717, 1.165) is 0 Å². The Bertz CT molecular complexity index is 567. The van der Waals surface area contributed by atoms with Gasteiger partial charge in [0.2, 0.25) is 5.82 Å². The third kappa shape index (κ3) is 3.35. The number of carboxylic acid groups (broad SMARTS) is 1. The lowest BCUT2D eigenvalue weighted by Crippen LogP contribution is -2.19. The number of halogens is 1. The van der Waals surface area contributed by atoms with Gasteiger partial charge < -0.3 is 14.4 Å². The van der Waals surface area contributed by atoms with Crippen LogP contribution >= 0.6 is 0 Å². The number of hydrogen-bond donors (Lipinski definition) is 1. The summed E-state index contributed by atoms with van der Waals surface area (Å²) in [6.07, 6.45) is -0.957. The number of hydrogen-bond acceptors (Lipinski definition) is 5. The van der Waals surface area contributed by atoms with Crippen molar-refractivity contribution in [1.29, 1.82) is 0 Å². The Balaban J connectivity index is 2.03. The van der Waals surface area contributed by atoms with E-state index < -0.39 is 12.1 Å². The smallest absolute Gasteiger partial charge is 0.332 e. The number of ether oxygens (including phenoxy) is 1. The van der Waals surface area contributed by atoms with Crippen LogP contribution in [-0.2, 0) is 16.1 Å². The number of carboxylic acids is 1. The van der Waals surface area contributed by atoms with E-state index in [9.17, 15) is 9.18 Å². The molecule has 0 radical (unpaired) electrons. The first-order chi connectivity index (χ1) is 9.06. The lowest BCUT2D eigenvalue weighted by molar-refractivity contribution is -0.150. The highest BCUT2D eigenvalue weighted by atomic mass is 19.1. The van der Waals surface area contributed by atoms with Gasteiger partial charge in [-0.3, -0.25) is 0 Å². The van der Waals surface area contributed by atoms with Gasteiger partial charge in [0, 0.05) is 5.56 Å². The molecule has 0 aliphatic carbocycles. The van der Waals surface area contributed by atoms with Gasteiger partial charge in [-0.2, -0.15) is 4.98 Å². The number of benzene rings is 1. The molecule has 100 valence electrons. The number of rotatable bonds is 5. The third-order valence-corrected chi connectivity index (χ3v) is 2.38. The van der Waals surface area contributed by atoms with Crippen LogP contribution in [0.15, 0.2) is 28.8 Å². The van der Waals surface area contributed by atoms with E-state index in [1.165, 1.54) is 31.2 Å². The van der Waals surface area contributed by atoms with Crippen LogP contribution in [-0.4, -0.2) is 27.3 Å². The Hall–Kier alpha value is -2.28. The molecular formula is C12H11FN2O4. The van der Waals surface area contributed by atoms with Crippen LogP contribution < -0.4 is 0 Å². The highest BCUT2D eigenvalue weighted by molar-refractivity contribution is 5.71. The highest BCUT2D eigenvalue weighted by Crippen LogP contribution is 2.16. The molecule has 0 saturated heterocycles. The van der Waals surface area contributed by atoms with Crippen LogP contribution in [0.25, 0.3) is 11.4 Å². The zero-order chi connectivity index (χ0) is 13.8. The maximum atomic E-state index is 12.8. The maximum Gasteiger partial charge on any atom is 0.332 e. The molecule has 1 aromatic heterocycles. The first-order valence-corrected chi connectivity index (χ1v) is 5.49. The van der Waals surface area contributed by atoms with E-state index in [1.54, 1.807) is 0 Å². The van der Waals surface area contributed by atoms with Gasteiger partial charge in [0.05, 0.1) is 0 Å². The Morgan fingerprint density at radius 3 is 2.79 bits per heavy atom. The van der Waals surface area contributed by atoms with Crippen LogP contribution in [0.2, 0.25) is 0 Å². The molecule has 0 saturated carbocycles. The van der Waals surface area contributed by atoms with Crippen molar-refractivity contribution >= 4 is 5.97 Å². The lowest BCUT2D eigenvalue weighted by atomic mass is 10.2. The van der Waals surface area contributed by atoms with Crippen LogP contribution in [0.1, 0.15) is 12.8 Å². The van der Waals surface area contributed by atoms with Crippen molar-refractivity contribution in [3.8, 4) is 11.4 Å². The second kappa shape index (κ2) is 5.57. The lowest BCUT2D eigenvalue weighted by Gasteiger charge is -2.04. The molecule has 0 aliphatic rings. The first kappa shape index (κ1) is 13.2. The predicted molar refractivity (Wildman–Crippen MR) is 61.6 cm³/mol. The largest absolute Gasteiger partial charge is 0.479 e. The third-order valence-electron chi connectivity index (χ3n) is 2.38. The minimum atomic E-state index is -1.07. The summed E-state index contributed by atoms with van der Waals surface area (Å²) in [5, 5.41) is 12.3. The van der Waals surface area contributed by atoms with Crippen molar-refractivity contribution in [1.82, 2.24) is 10.1 Å². The summed E-state index contributed by atoms with van der Waals surface area (Å²) in [6, 6.07) is 5.61. The fraction of sp³-hybridized carbons (Fsp3) is 0.250. The van der Waals surface area contributed by atoms with Gasteiger partial charge >= 0.3 is 5.97 Å². The predicted octanol–water partition coefficient (Wildman–Crippen LogP) is 1.87. The number of aromatic nitrogens is 2. The Labute approximate surface area is 107 Å². The topological polar surface area (TPSA) is 85.5 Å². The molecule has 0 spiro atoms. The molecule has 0 amide bonds. The van der Waals surface area contributed by atoms with Gasteiger partial charge in [-0.1, -0.05) is 5.16 Å². The molecule has 2 rings (SSSR count). The summed E-state index contributed by atoms with van der Waals surface area (Å²) in [6.45, 7) is 1.31. The molecule has 0 aliphatic heterocycles. The van der Waals surface area contributed by atoms with Crippen molar-refractivity contribution in [2.75, 3.05) is 0 Å². The summed E-state index contributed by atoms with van der Waals surface area (Å²) in [5.74, 6) is -0.974. The van der Waals surface area contributed by atoms with Gasteiger partial charge in [-0.25, -0.2) is 9.18 Å². The van der Waals surface area contributed by atoms with Crippen molar-refractivity contribution in [2.24, 2.45) is 0 Å². The monoisotopic (exact) mass is 266 g/mol. The number of carbonyl (C=O) groups is 1. The fourth-order valence-electron chi connectivity index (χ4n) is 1.30. The number of nitrogens with zero attached hydrogens (tertiary/aromatic N) is 2. The summed E-state index contributed by atoms with van der Waals surface area (Å²) in [7, 11) is 0. The fourth-order valence-corrected chi connectivity index (χ4v) is 1.30. The second-order valence-electron chi connectivity index (χ2n) is 3.81. The molecule has 1 heterocycles. The standard InChI is InChI=1S/C12H11FN2O4/c1-7(12(16)17)18-6-10-14-11(15-19-10)8-2-4-9(13)5-3-8/h2-5,7H,6H2,1H3,(H,16,17)/t7-/m1/s1. The summed E-state index contributed by atoms with van der Waals surface area (Å²) in [4.78, 5) is 14.6. The molecule has 6 nitrogen and oxygen atoms in total. The molecule has 7 heteroatoms. The van der Waals surface area contributed by atoms with Gasteiger partial charge in [0.25, 0.3) is 5.89 Å². The van der Waals surface area contributed by atoms with Crippen LogP contribution in [0.4, 0.5) is 4.39 Å². The van der Waals surface area contributed by atoms with Crippen molar-refractivity contribution < 1.29 is 23.6 Å². The first-order valence-electron chi connectivity index (χ1n) is 5.49. The average Bonchev–Trinajstić information content (AvgIpc) is 2.85. The van der Waals surface area contributed by atoms with E-state index in [2.05, 4.69) is 10.1 Å². The molecule has 19 heavy (non-hydrogen) atoms. The van der Waals surface area contributed by atoms with E-state index in [1.807, 2.05) is 0 Å². The number of aliphatic carboxylic acids is 1. The van der Waals surface area contributed by atoms with E-state index >= 15 is 0 Å². The maximum absolute atomic E-state index is 12.8. The average molecular weight is 266 g/mol. The molecular weight excluding hydrogens is 255 g/mol. The van der Waals surface area contributed by atoms with Gasteiger partial charge in [0.15, 0.2) is 6.10 Å². The zero-order valence-corrected chi connectivity index (χ0v) is 10.0. The summed E-state index contributed by atoms with van der Waals surface area (Å²) >= 11 is 0. The molecule has 1 atom stereocenters. The zero-order valence-electron chi connectivity index (χ0n) is 10.0. The van der Waals surface area contributed by atoms with Crippen LogP contribution in [0.5, 0.6) is 0 Å². The Kier molecular flexibility index (Phi) is 3.86. The quantitative estimate of drug-likeness (QED) is 0.889. The molecule has 0 bridgehead atoms. The molecule has 2 aromatic rings. The normalized spacial score (nSPS) is 12.3. The van der Waals surface area contributed by atoms with Crippen LogP contribution in [0, 0.1) is 5.82 Å². The van der Waals surface area contributed by atoms with E-state index in [0.29, 0.717) is 11.4 Å². The summed E-state index contributed by atoms with van der Waals surface area (Å²) < 4.78 is 22.7. The Morgan fingerprint density at radius 2 is 2.16 bits per heavy atom. The minimum absolute atomic E-state index is 0.0956. The van der Waals surface area contributed by atoms with Crippen molar-refractivity contribution in [2.45, 2.75) is 19.6 Å². The summed E-state index contributed by atoms with van der Waals surface area (Å²) in [5.41, 5.74) is 0.600. The van der Waals surface area contributed by atoms with Gasteiger partial charge in [-0.15, -0.1) is 0 Å². The molecule has 1 aromatic carbocycles. The molecule has 1 N–H and O–H groups in total. The van der Waals surface area contributed by atoms with Crippen molar-refractivity contribution in [3.63, 3.8) is 0 Å².